The van der Waals surface area contributed by atoms with Crippen LogP contribution < -0.4 is 10.2 Å². The molecular weight excluding hydrogens is 360 g/mol. The molecule has 0 bridgehead atoms. The van der Waals surface area contributed by atoms with E-state index in [4.69, 9.17) is 9.15 Å². The fourth-order valence-corrected chi connectivity index (χ4v) is 4.54. The highest BCUT2D eigenvalue weighted by Crippen LogP contribution is 2.51. The number of hydrogen-bond donors (Lipinski definition) is 1. The normalized spacial score (nSPS) is 29.2. The van der Waals surface area contributed by atoms with Gasteiger partial charge in [-0.2, -0.15) is 0 Å². The number of benzene rings is 1. The van der Waals surface area contributed by atoms with E-state index < -0.39 is 35.3 Å². The number of amides is 2. The molecule has 2 aliphatic rings. The minimum Gasteiger partial charge on any atom is -0.468 e. The molecule has 0 saturated carbocycles. The second-order valence-electron chi connectivity index (χ2n) is 7.24. The van der Waals surface area contributed by atoms with E-state index in [1.54, 1.807) is 50.2 Å². The second kappa shape index (κ2) is 6.60. The van der Waals surface area contributed by atoms with Crippen LogP contribution in [0.5, 0.6) is 0 Å². The number of ether oxygens (including phenoxy) is 1. The molecule has 2 fully saturated rings. The number of aryl methyl sites for hydroxylation is 1. The fraction of sp³-hybridized carbons (Fsp3) is 0.381. The molecule has 4 rings (SSSR count). The summed E-state index contributed by atoms with van der Waals surface area (Å²) in [4.78, 5) is 40.8. The molecule has 2 saturated heterocycles. The van der Waals surface area contributed by atoms with Crippen molar-refractivity contribution in [2.75, 3.05) is 12.0 Å². The van der Waals surface area contributed by atoms with E-state index in [0.717, 1.165) is 0 Å². The molecule has 0 aliphatic carbocycles. The maximum atomic E-state index is 13.4. The summed E-state index contributed by atoms with van der Waals surface area (Å²) >= 11 is 0. The number of carbonyl (C=O) groups excluding carboxylic acids is 3. The van der Waals surface area contributed by atoms with Crippen LogP contribution in [0, 0.1) is 18.8 Å². The molecule has 2 aliphatic heterocycles. The lowest BCUT2D eigenvalue weighted by molar-refractivity contribution is -0.152. The average Bonchev–Trinajstić information content (AvgIpc) is 3.36. The highest BCUT2D eigenvalue weighted by molar-refractivity contribution is 6.24. The number of fused-ring (bicyclic) bond motifs is 1. The van der Waals surface area contributed by atoms with Crippen LogP contribution in [0.2, 0.25) is 0 Å². The first-order chi connectivity index (χ1) is 13.4. The topological polar surface area (TPSA) is 88.8 Å². The Labute approximate surface area is 162 Å². The van der Waals surface area contributed by atoms with Gasteiger partial charge in [0.25, 0.3) is 0 Å². The van der Waals surface area contributed by atoms with Gasteiger partial charge in [-0.25, -0.2) is 4.90 Å². The number of furan rings is 1. The maximum Gasteiger partial charge on any atom is 0.326 e. The number of esters is 1. The number of rotatable bonds is 4. The predicted octanol–water partition coefficient (Wildman–Crippen LogP) is 2.36. The molecule has 7 nitrogen and oxygen atoms in total. The third-order valence-corrected chi connectivity index (χ3v) is 5.84. The van der Waals surface area contributed by atoms with Gasteiger partial charge < -0.3 is 9.15 Å². The third kappa shape index (κ3) is 2.43. The van der Waals surface area contributed by atoms with Gasteiger partial charge in [0.1, 0.15) is 17.1 Å². The molecule has 1 aromatic heterocycles. The van der Waals surface area contributed by atoms with Crippen molar-refractivity contribution in [3.05, 3.63) is 54.0 Å². The van der Waals surface area contributed by atoms with Crippen LogP contribution in [0.1, 0.15) is 30.9 Å². The first kappa shape index (κ1) is 18.4. The van der Waals surface area contributed by atoms with E-state index in [2.05, 4.69) is 5.32 Å². The van der Waals surface area contributed by atoms with Crippen molar-refractivity contribution in [3.8, 4) is 0 Å². The van der Waals surface area contributed by atoms with Gasteiger partial charge in [-0.05, 0) is 37.6 Å². The van der Waals surface area contributed by atoms with E-state index in [0.29, 0.717) is 23.6 Å². The molecule has 1 N–H and O–H groups in total. The molecule has 0 unspecified atom stereocenters. The summed E-state index contributed by atoms with van der Waals surface area (Å²) in [7, 11) is 1.29. The Kier molecular flexibility index (Phi) is 4.34. The Morgan fingerprint density at radius 3 is 2.46 bits per heavy atom. The zero-order chi connectivity index (χ0) is 20.1. The fourth-order valence-electron chi connectivity index (χ4n) is 4.54. The van der Waals surface area contributed by atoms with Crippen LogP contribution in [-0.2, 0) is 19.1 Å². The van der Waals surface area contributed by atoms with Gasteiger partial charge in [0.15, 0.2) is 0 Å². The van der Waals surface area contributed by atoms with E-state index >= 15 is 0 Å². The van der Waals surface area contributed by atoms with E-state index in [1.165, 1.54) is 12.0 Å². The van der Waals surface area contributed by atoms with Crippen molar-refractivity contribution in [2.45, 2.75) is 31.8 Å². The number of imide groups is 1. The number of nitrogens with one attached hydrogen (secondary N) is 1. The molecule has 1 aromatic carbocycles. The van der Waals surface area contributed by atoms with Crippen molar-refractivity contribution >= 4 is 23.5 Å². The number of nitrogens with zero attached hydrogens (tertiary/aromatic N) is 1. The molecule has 0 spiro atoms. The zero-order valence-corrected chi connectivity index (χ0v) is 16.0. The van der Waals surface area contributed by atoms with Crippen molar-refractivity contribution in [1.82, 2.24) is 5.32 Å². The standard InChI is InChI=1S/C21H22N2O5/c1-4-21(20(26)27-3)16-15(17(22-21)14-11-10-12(2)28-14)18(24)23(19(16)25)13-8-6-5-7-9-13/h5-11,15-17,22H,4H2,1-3H3/t15-,16-,17-,21-/m1/s1. The van der Waals surface area contributed by atoms with Crippen molar-refractivity contribution in [3.63, 3.8) is 0 Å². The molecule has 146 valence electrons. The molecule has 3 heterocycles. The number of anilines is 1. The molecule has 7 heteroatoms. The Balaban J connectivity index is 1.85. The van der Waals surface area contributed by atoms with Crippen molar-refractivity contribution in [2.24, 2.45) is 11.8 Å². The average molecular weight is 382 g/mol. The minimum absolute atomic E-state index is 0.304. The van der Waals surface area contributed by atoms with Gasteiger partial charge in [0.05, 0.1) is 30.7 Å². The quantitative estimate of drug-likeness (QED) is 0.645. The first-order valence-electron chi connectivity index (χ1n) is 9.30. The van der Waals surface area contributed by atoms with Gasteiger partial charge in [-0.1, -0.05) is 25.1 Å². The van der Waals surface area contributed by atoms with Gasteiger partial charge in [0.2, 0.25) is 11.8 Å². The molecule has 2 amide bonds. The van der Waals surface area contributed by atoms with Crippen molar-refractivity contribution < 1.29 is 23.5 Å². The highest BCUT2D eigenvalue weighted by atomic mass is 16.5. The van der Waals surface area contributed by atoms with Crippen LogP contribution >= 0.6 is 0 Å². The molecule has 0 radical (unpaired) electrons. The summed E-state index contributed by atoms with van der Waals surface area (Å²) in [5, 5.41) is 3.23. The lowest BCUT2D eigenvalue weighted by Crippen LogP contribution is -2.55. The van der Waals surface area contributed by atoms with E-state index in [-0.39, 0.29) is 5.91 Å². The Morgan fingerprint density at radius 2 is 1.89 bits per heavy atom. The number of para-hydroxylation sites is 1. The summed E-state index contributed by atoms with van der Waals surface area (Å²) in [6, 6.07) is 11.7. The van der Waals surface area contributed by atoms with Crippen LogP contribution in [0.3, 0.4) is 0 Å². The summed E-state index contributed by atoms with van der Waals surface area (Å²) in [6.45, 7) is 3.61. The SMILES string of the molecule is CC[C@@]1(C(=O)OC)N[C@H](c2ccc(C)o2)[C@@H]2C(=O)N(c3ccccc3)C(=O)[C@@H]21. The summed E-state index contributed by atoms with van der Waals surface area (Å²) < 4.78 is 10.8. The molecule has 2 aromatic rings. The van der Waals surface area contributed by atoms with Crippen LogP contribution in [-0.4, -0.2) is 30.4 Å². The maximum absolute atomic E-state index is 13.4. The van der Waals surface area contributed by atoms with Crippen LogP contribution in [0.25, 0.3) is 0 Å². The first-order valence-corrected chi connectivity index (χ1v) is 9.30. The molecular formula is C21H22N2O5. The summed E-state index contributed by atoms with van der Waals surface area (Å²) in [5.41, 5.74) is -0.794. The zero-order valence-electron chi connectivity index (χ0n) is 16.0. The Morgan fingerprint density at radius 1 is 1.18 bits per heavy atom. The molecule has 28 heavy (non-hydrogen) atoms. The molecule has 4 atom stereocenters. The number of methoxy groups -OCH3 is 1. The number of carbonyl (C=O) groups is 3. The van der Waals surface area contributed by atoms with Crippen LogP contribution in [0.4, 0.5) is 5.69 Å². The Bertz CT molecular complexity index is 937. The lowest BCUT2D eigenvalue weighted by atomic mass is 9.78. The number of hydrogen-bond acceptors (Lipinski definition) is 6. The highest BCUT2D eigenvalue weighted by Gasteiger charge is 2.68. The largest absolute Gasteiger partial charge is 0.468 e. The predicted molar refractivity (Wildman–Crippen MR) is 100 cm³/mol. The van der Waals surface area contributed by atoms with E-state index in [1.807, 2.05) is 6.07 Å². The Hall–Kier alpha value is -2.93. The summed E-state index contributed by atoms with van der Waals surface area (Å²) in [5.74, 6) is -1.68. The third-order valence-electron chi connectivity index (χ3n) is 5.84. The minimum atomic E-state index is -1.29. The summed E-state index contributed by atoms with van der Waals surface area (Å²) in [6.07, 6.45) is 0.304. The monoisotopic (exact) mass is 382 g/mol. The van der Waals surface area contributed by atoms with Gasteiger partial charge in [-0.15, -0.1) is 0 Å². The van der Waals surface area contributed by atoms with Crippen LogP contribution in [0.15, 0.2) is 46.9 Å². The van der Waals surface area contributed by atoms with Gasteiger partial charge >= 0.3 is 5.97 Å². The lowest BCUT2D eigenvalue weighted by Gasteiger charge is -2.31. The van der Waals surface area contributed by atoms with Gasteiger partial charge in [0, 0.05) is 0 Å². The van der Waals surface area contributed by atoms with Crippen molar-refractivity contribution in [1.29, 1.82) is 0 Å². The second-order valence-corrected chi connectivity index (χ2v) is 7.24. The van der Waals surface area contributed by atoms with E-state index in [9.17, 15) is 14.4 Å². The smallest absolute Gasteiger partial charge is 0.326 e. The van der Waals surface area contributed by atoms with Gasteiger partial charge in [-0.3, -0.25) is 19.7 Å².